The molecular weight excluding hydrogens is 372 g/mol. The Kier molecular flexibility index (Phi) is 5.81. The number of rotatable bonds is 6. The summed E-state index contributed by atoms with van der Waals surface area (Å²) in [5, 5.41) is 3.00. The summed E-state index contributed by atoms with van der Waals surface area (Å²) in [5.41, 5.74) is 0.438. The third-order valence-corrected chi connectivity index (χ3v) is 4.60. The lowest BCUT2D eigenvalue weighted by molar-refractivity contribution is -0.157. The van der Waals surface area contributed by atoms with E-state index in [1.807, 2.05) is 0 Å². The smallest absolute Gasteiger partial charge is 0.312 e. The molecule has 3 rings (SSSR count). The van der Waals surface area contributed by atoms with Crippen LogP contribution in [0.25, 0.3) is 0 Å². The number of carbonyl (C=O) groups is 3. The molecule has 0 spiro atoms. The topological polar surface area (TPSA) is 88.9 Å². The fourth-order valence-electron chi connectivity index (χ4n) is 2.79. The average Bonchev–Trinajstić information content (AvgIpc) is 3.27. The molecule has 27 heavy (non-hydrogen) atoms. The van der Waals surface area contributed by atoms with Crippen LogP contribution in [0.15, 0.2) is 47.1 Å². The minimum atomic E-state index is -1.01. The van der Waals surface area contributed by atoms with E-state index in [4.69, 9.17) is 20.8 Å². The van der Waals surface area contributed by atoms with Crippen molar-refractivity contribution in [3.05, 3.63) is 53.4 Å². The quantitative estimate of drug-likeness (QED) is 0.766. The van der Waals surface area contributed by atoms with Crippen molar-refractivity contribution >= 4 is 35.1 Å². The van der Waals surface area contributed by atoms with E-state index in [-0.39, 0.29) is 18.9 Å². The first-order valence-electron chi connectivity index (χ1n) is 8.50. The Morgan fingerprint density at radius 1 is 1.33 bits per heavy atom. The van der Waals surface area contributed by atoms with Crippen LogP contribution < -0.4 is 5.32 Å². The highest BCUT2D eigenvalue weighted by Gasteiger charge is 2.36. The van der Waals surface area contributed by atoms with Crippen molar-refractivity contribution in [3.63, 3.8) is 0 Å². The third kappa shape index (κ3) is 4.68. The summed E-state index contributed by atoms with van der Waals surface area (Å²) >= 11 is 6.00. The summed E-state index contributed by atoms with van der Waals surface area (Å²) in [6.07, 6.45) is 0.572. The highest BCUT2D eigenvalue weighted by molar-refractivity contribution is 6.33. The monoisotopic (exact) mass is 390 g/mol. The van der Waals surface area contributed by atoms with E-state index >= 15 is 0 Å². The van der Waals surface area contributed by atoms with E-state index in [0.717, 1.165) is 0 Å². The molecule has 0 saturated carbocycles. The third-order valence-electron chi connectivity index (χ3n) is 4.27. The Morgan fingerprint density at radius 2 is 2.11 bits per heavy atom. The number of halogens is 1. The molecule has 1 aliphatic heterocycles. The molecule has 0 aliphatic carbocycles. The van der Waals surface area contributed by atoms with Crippen LogP contribution in [-0.4, -0.2) is 35.3 Å². The number of anilines is 1. The Hall–Kier alpha value is -2.80. The van der Waals surface area contributed by atoms with Crippen LogP contribution in [-0.2, 0) is 25.7 Å². The molecule has 2 atom stereocenters. The van der Waals surface area contributed by atoms with Gasteiger partial charge in [0.1, 0.15) is 5.76 Å². The van der Waals surface area contributed by atoms with Gasteiger partial charge in [-0.1, -0.05) is 23.7 Å². The molecule has 0 unspecified atom stereocenters. The zero-order valence-corrected chi connectivity index (χ0v) is 15.4. The molecule has 8 heteroatoms. The predicted octanol–water partition coefficient (Wildman–Crippen LogP) is 2.85. The highest BCUT2D eigenvalue weighted by Crippen LogP contribution is 2.23. The van der Waals surface area contributed by atoms with Crippen LogP contribution in [0, 0.1) is 5.92 Å². The van der Waals surface area contributed by atoms with Crippen molar-refractivity contribution in [2.24, 2.45) is 5.92 Å². The van der Waals surface area contributed by atoms with Gasteiger partial charge in [0.2, 0.25) is 5.91 Å². The summed E-state index contributed by atoms with van der Waals surface area (Å²) < 4.78 is 10.5. The number of para-hydroxylation sites is 1. The molecule has 2 amide bonds. The van der Waals surface area contributed by atoms with E-state index in [2.05, 4.69) is 5.32 Å². The van der Waals surface area contributed by atoms with Gasteiger partial charge in [-0.2, -0.15) is 0 Å². The molecule has 1 aromatic carbocycles. The molecule has 1 aromatic heterocycles. The average molecular weight is 391 g/mol. The van der Waals surface area contributed by atoms with Gasteiger partial charge in [-0.05, 0) is 31.2 Å². The second-order valence-electron chi connectivity index (χ2n) is 6.30. The lowest BCUT2D eigenvalue weighted by Gasteiger charge is -2.17. The van der Waals surface area contributed by atoms with Gasteiger partial charge < -0.3 is 19.4 Å². The van der Waals surface area contributed by atoms with Crippen LogP contribution >= 0.6 is 11.6 Å². The standard InChI is InChI=1S/C19H19ClN2O5/c1-12(18(24)21-16-7-3-2-6-15(16)20)27-19(25)13-9-17(23)22(10-13)11-14-5-4-8-26-14/h2-8,12-13H,9-11H2,1H3,(H,21,24)/t12-,13+/m1/s1. The molecule has 1 aliphatic rings. The molecule has 142 valence electrons. The van der Waals surface area contributed by atoms with E-state index in [1.165, 1.54) is 13.2 Å². The van der Waals surface area contributed by atoms with Crippen molar-refractivity contribution in [1.29, 1.82) is 0 Å². The molecule has 2 heterocycles. The van der Waals surface area contributed by atoms with Crippen molar-refractivity contribution in [2.45, 2.75) is 26.0 Å². The fourth-order valence-corrected chi connectivity index (χ4v) is 2.98. The lowest BCUT2D eigenvalue weighted by Crippen LogP contribution is -2.33. The van der Waals surface area contributed by atoms with Crippen LogP contribution in [0.3, 0.4) is 0 Å². The largest absolute Gasteiger partial charge is 0.467 e. The number of likely N-dealkylation sites (tertiary alicyclic amines) is 1. The molecule has 1 N–H and O–H groups in total. The van der Waals surface area contributed by atoms with Crippen LogP contribution in [0.4, 0.5) is 5.69 Å². The van der Waals surface area contributed by atoms with Gasteiger partial charge in [0.25, 0.3) is 5.91 Å². The number of ether oxygens (including phenoxy) is 1. The minimum Gasteiger partial charge on any atom is -0.467 e. The first kappa shape index (κ1) is 19.0. The van der Waals surface area contributed by atoms with Crippen molar-refractivity contribution in [2.75, 3.05) is 11.9 Å². The maximum atomic E-state index is 12.3. The number of furan rings is 1. The molecule has 0 bridgehead atoms. The van der Waals surface area contributed by atoms with E-state index in [0.29, 0.717) is 23.0 Å². The van der Waals surface area contributed by atoms with Crippen molar-refractivity contribution in [3.8, 4) is 0 Å². The van der Waals surface area contributed by atoms with Gasteiger partial charge in [0, 0.05) is 13.0 Å². The number of benzene rings is 1. The van der Waals surface area contributed by atoms with Gasteiger partial charge in [0.05, 0.1) is 29.4 Å². The number of nitrogens with one attached hydrogen (secondary N) is 1. The summed E-state index contributed by atoms with van der Waals surface area (Å²) in [6.45, 7) is 2.01. The van der Waals surface area contributed by atoms with Crippen LogP contribution in [0.5, 0.6) is 0 Å². The summed E-state index contributed by atoms with van der Waals surface area (Å²) in [5.74, 6) is -1.19. The molecule has 7 nitrogen and oxygen atoms in total. The van der Waals surface area contributed by atoms with Gasteiger partial charge in [0.15, 0.2) is 6.10 Å². The summed E-state index contributed by atoms with van der Waals surface area (Å²) in [6, 6.07) is 10.3. The molecule has 1 fully saturated rings. The first-order chi connectivity index (χ1) is 12.9. The zero-order valence-electron chi connectivity index (χ0n) is 14.7. The molecule has 0 radical (unpaired) electrons. The van der Waals surface area contributed by atoms with Gasteiger partial charge in [-0.3, -0.25) is 14.4 Å². The SMILES string of the molecule is C[C@@H](OC(=O)[C@H]1CC(=O)N(Cc2ccco2)C1)C(=O)Nc1ccccc1Cl. The fraction of sp³-hybridized carbons (Fsp3) is 0.316. The highest BCUT2D eigenvalue weighted by atomic mass is 35.5. The van der Waals surface area contributed by atoms with E-state index < -0.39 is 23.9 Å². The Labute approximate surface area is 161 Å². The second-order valence-corrected chi connectivity index (χ2v) is 6.71. The normalized spacial score (nSPS) is 17.6. The maximum Gasteiger partial charge on any atom is 0.312 e. The first-order valence-corrected chi connectivity index (χ1v) is 8.88. The maximum absolute atomic E-state index is 12.3. The van der Waals surface area contributed by atoms with Crippen LogP contribution in [0.1, 0.15) is 19.1 Å². The van der Waals surface area contributed by atoms with Crippen LogP contribution in [0.2, 0.25) is 5.02 Å². The van der Waals surface area contributed by atoms with Gasteiger partial charge in [-0.25, -0.2) is 0 Å². The van der Waals surface area contributed by atoms with E-state index in [1.54, 1.807) is 41.3 Å². The molecular formula is C19H19ClN2O5. The minimum absolute atomic E-state index is 0.0540. The molecule has 1 saturated heterocycles. The Morgan fingerprint density at radius 3 is 2.81 bits per heavy atom. The Balaban J connectivity index is 1.53. The van der Waals surface area contributed by atoms with Gasteiger partial charge in [-0.15, -0.1) is 0 Å². The zero-order chi connectivity index (χ0) is 19.4. The van der Waals surface area contributed by atoms with Gasteiger partial charge >= 0.3 is 5.97 Å². The van der Waals surface area contributed by atoms with Crippen molar-refractivity contribution in [1.82, 2.24) is 4.90 Å². The summed E-state index contributed by atoms with van der Waals surface area (Å²) in [4.78, 5) is 38.2. The number of hydrogen-bond donors (Lipinski definition) is 1. The number of esters is 1. The molecule has 2 aromatic rings. The Bertz CT molecular complexity index is 836. The summed E-state index contributed by atoms with van der Waals surface area (Å²) in [7, 11) is 0. The predicted molar refractivity (Wildman–Crippen MR) is 97.9 cm³/mol. The lowest BCUT2D eigenvalue weighted by atomic mass is 10.1. The second kappa shape index (κ2) is 8.26. The number of amides is 2. The van der Waals surface area contributed by atoms with Crippen molar-refractivity contribution < 1.29 is 23.5 Å². The van der Waals surface area contributed by atoms with E-state index in [9.17, 15) is 14.4 Å². The number of nitrogens with zero attached hydrogens (tertiary/aromatic N) is 1. The number of carbonyl (C=O) groups excluding carboxylic acids is 3. The number of hydrogen-bond acceptors (Lipinski definition) is 5.